The van der Waals surface area contributed by atoms with E-state index in [1.54, 1.807) is 0 Å². The quantitative estimate of drug-likeness (QED) is 0.585. The summed E-state index contributed by atoms with van der Waals surface area (Å²) in [5, 5.41) is 3.10. The largest absolute Gasteiger partial charge is 0.393 e. The average Bonchev–Trinajstić information content (AvgIpc) is 2.46. The van der Waals surface area contributed by atoms with Gasteiger partial charge in [-0.15, -0.1) is 0 Å². The predicted octanol–water partition coefficient (Wildman–Crippen LogP) is 3.17. The first kappa shape index (κ1) is 15.7. The Morgan fingerprint density at radius 3 is 2.60 bits per heavy atom. The second-order valence-corrected chi connectivity index (χ2v) is 7.05. The Morgan fingerprint density at radius 2 is 1.85 bits per heavy atom. The molecule has 0 aliphatic heterocycles. The van der Waals surface area contributed by atoms with Crippen molar-refractivity contribution in [2.45, 2.75) is 64.2 Å². The molecule has 0 saturated heterocycles. The highest BCUT2D eigenvalue weighted by Crippen LogP contribution is 2.42. The third kappa shape index (κ3) is 4.72. The van der Waals surface area contributed by atoms with Gasteiger partial charge < -0.3 is 11.1 Å². The molecule has 2 rings (SSSR count). The van der Waals surface area contributed by atoms with Gasteiger partial charge in [0.05, 0.1) is 4.99 Å². The van der Waals surface area contributed by atoms with Gasteiger partial charge in [-0.3, -0.25) is 4.79 Å². The zero-order valence-electron chi connectivity index (χ0n) is 12.4. The molecule has 0 bridgehead atoms. The summed E-state index contributed by atoms with van der Waals surface area (Å²) in [4.78, 5) is 12.8. The van der Waals surface area contributed by atoms with E-state index in [0.29, 0.717) is 4.99 Å². The van der Waals surface area contributed by atoms with Gasteiger partial charge in [-0.05, 0) is 50.4 Å². The van der Waals surface area contributed by atoms with Crippen LogP contribution in [0.2, 0.25) is 0 Å². The second-order valence-electron chi connectivity index (χ2n) is 6.53. The van der Waals surface area contributed by atoms with Crippen LogP contribution in [0.4, 0.5) is 0 Å². The van der Waals surface area contributed by atoms with Crippen molar-refractivity contribution in [3.63, 3.8) is 0 Å². The molecule has 4 heteroatoms. The van der Waals surface area contributed by atoms with Crippen LogP contribution in [0.3, 0.4) is 0 Å². The molecule has 2 fully saturated rings. The van der Waals surface area contributed by atoms with Gasteiger partial charge >= 0.3 is 0 Å². The Bertz CT molecular complexity index is 345. The van der Waals surface area contributed by atoms with E-state index in [-0.39, 0.29) is 11.8 Å². The Kier molecular flexibility index (Phi) is 6.27. The van der Waals surface area contributed by atoms with Crippen LogP contribution in [0.25, 0.3) is 0 Å². The molecule has 3 N–H and O–H groups in total. The highest BCUT2D eigenvalue weighted by Gasteiger charge is 2.34. The van der Waals surface area contributed by atoms with E-state index in [0.717, 1.165) is 50.5 Å². The van der Waals surface area contributed by atoms with Crippen LogP contribution >= 0.6 is 12.2 Å². The van der Waals surface area contributed by atoms with E-state index in [1.807, 2.05) is 0 Å². The van der Waals surface area contributed by atoms with Gasteiger partial charge in [-0.1, -0.05) is 37.9 Å². The SMILES string of the molecule is NC(=S)CCCCNC(=O)C1CCC2CCCCC2C1. The number of carbonyl (C=O) groups is 1. The van der Waals surface area contributed by atoms with Crippen LogP contribution in [0, 0.1) is 17.8 Å². The van der Waals surface area contributed by atoms with E-state index in [4.69, 9.17) is 18.0 Å². The third-order valence-corrected chi connectivity index (χ3v) is 5.26. The lowest BCUT2D eigenvalue weighted by atomic mass is 9.67. The molecule has 3 atom stereocenters. The smallest absolute Gasteiger partial charge is 0.223 e. The Labute approximate surface area is 128 Å². The highest BCUT2D eigenvalue weighted by molar-refractivity contribution is 7.80. The Hall–Kier alpha value is -0.640. The van der Waals surface area contributed by atoms with E-state index < -0.39 is 0 Å². The summed E-state index contributed by atoms with van der Waals surface area (Å²) in [6.45, 7) is 0.770. The molecular formula is C16H28N2OS. The third-order valence-electron chi connectivity index (χ3n) is 5.06. The molecule has 2 saturated carbocycles. The van der Waals surface area contributed by atoms with Crippen molar-refractivity contribution in [2.75, 3.05) is 6.54 Å². The zero-order chi connectivity index (χ0) is 14.4. The van der Waals surface area contributed by atoms with Crippen molar-refractivity contribution in [1.82, 2.24) is 5.32 Å². The number of nitrogens with two attached hydrogens (primary N) is 1. The number of carbonyl (C=O) groups excluding carboxylic acids is 1. The molecule has 0 aromatic rings. The first-order chi connectivity index (χ1) is 9.66. The minimum atomic E-state index is 0.268. The standard InChI is InChI=1S/C16H28N2OS/c17-15(20)7-3-4-10-18-16(19)14-9-8-12-5-1-2-6-13(12)11-14/h12-14H,1-11H2,(H2,17,20)(H,18,19). The zero-order valence-corrected chi connectivity index (χ0v) is 13.2. The Morgan fingerprint density at radius 1 is 1.10 bits per heavy atom. The summed E-state index contributed by atoms with van der Waals surface area (Å²) in [5.41, 5.74) is 5.46. The summed E-state index contributed by atoms with van der Waals surface area (Å²) in [5.74, 6) is 2.29. The molecule has 1 amide bonds. The van der Waals surface area contributed by atoms with E-state index >= 15 is 0 Å². The molecule has 0 aromatic heterocycles. The summed E-state index contributed by atoms with van der Waals surface area (Å²) < 4.78 is 0. The van der Waals surface area contributed by atoms with Gasteiger partial charge in [0.2, 0.25) is 5.91 Å². The van der Waals surface area contributed by atoms with E-state index in [9.17, 15) is 4.79 Å². The van der Waals surface area contributed by atoms with Crippen LogP contribution in [0.5, 0.6) is 0 Å². The van der Waals surface area contributed by atoms with Gasteiger partial charge in [-0.25, -0.2) is 0 Å². The number of amides is 1. The molecule has 20 heavy (non-hydrogen) atoms. The fourth-order valence-corrected chi connectivity index (χ4v) is 4.04. The highest BCUT2D eigenvalue weighted by atomic mass is 32.1. The first-order valence-electron chi connectivity index (χ1n) is 8.23. The maximum atomic E-state index is 12.2. The van der Waals surface area contributed by atoms with Crippen LogP contribution in [-0.4, -0.2) is 17.4 Å². The molecule has 0 spiro atoms. The molecule has 114 valence electrons. The lowest BCUT2D eigenvalue weighted by Crippen LogP contribution is -2.37. The number of fused-ring (bicyclic) bond motifs is 1. The minimum Gasteiger partial charge on any atom is -0.393 e. The summed E-state index contributed by atoms with van der Waals surface area (Å²) >= 11 is 4.84. The maximum absolute atomic E-state index is 12.2. The lowest BCUT2D eigenvalue weighted by Gasteiger charge is -2.38. The molecule has 0 heterocycles. The van der Waals surface area contributed by atoms with Gasteiger partial charge in [0.15, 0.2) is 0 Å². The average molecular weight is 296 g/mol. The number of thiocarbonyl (C=S) groups is 1. The van der Waals surface area contributed by atoms with Gasteiger partial charge in [0, 0.05) is 12.5 Å². The molecule has 2 aliphatic carbocycles. The van der Waals surface area contributed by atoms with Crippen molar-refractivity contribution in [3.8, 4) is 0 Å². The molecule has 0 radical (unpaired) electrons. The number of unbranched alkanes of at least 4 members (excludes halogenated alkanes) is 1. The summed E-state index contributed by atoms with van der Waals surface area (Å²) in [7, 11) is 0. The molecule has 0 aromatic carbocycles. The fraction of sp³-hybridized carbons (Fsp3) is 0.875. The summed E-state index contributed by atoms with van der Waals surface area (Å²) in [6, 6.07) is 0. The van der Waals surface area contributed by atoms with Gasteiger partial charge in [0.25, 0.3) is 0 Å². The van der Waals surface area contributed by atoms with E-state index in [1.165, 1.54) is 32.1 Å². The molecule has 3 unspecified atom stereocenters. The van der Waals surface area contributed by atoms with Gasteiger partial charge in [0.1, 0.15) is 0 Å². The minimum absolute atomic E-state index is 0.268. The number of rotatable bonds is 6. The number of hydrogen-bond acceptors (Lipinski definition) is 2. The lowest BCUT2D eigenvalue weighted by molar-refractivity contribution is -0.127. The van der Waals surface area contributed by atoms with Crippen molar-refractivity contribution in [3.05, 3.63) is 0 Å². The number of nitrogens with one attached hydrogen (secondary N) is 1. The summed E-state index contributed by atoms with van der Waals surface area (Å²) in [6.07, 6.45) is 11.8. The first-order valence-corrected chi connectivity index (χ1v) is 8.63. The molecular weight excluding hydrogens is 268 g/mol. The van der Waals surface area contributed by atoms with Crippen molar-refractivity contribution >= 4 is 23.1 Å². The van der Waals surface area contributed by atoms with Crippen LogP contribution < -0.4 is 11.1 Å². The van der Waals surface area contributed by atoms with Crippen LogP contribution in [0.15, 0.2) is 0 Å². The predicted molar refractivity (Wildman–Crippen MR) is 86.4 cm³/mol. The van der Waals surface area contributed by atoms with Gasteiger partial charge in [-0.2, -0.15) is 0 Å². The fourth-order valence-electron chi connectivity index (χ4n) is 3.89. The van der Waals surface area contributed by atoms with Crippen molar-refractivity contribution in [1.29, 1.82) is 0 Å². The normalized spacial score (nSPS) is 29.5. The van der Waals surface area contributed by atoms with E-state index in [2.05, 4.69) is 5.32 Å². The van der Waals surface area contributed by atoms with Crippen LogP contribution in [-0.2, 0) is 4.79 Å². The van der Waals surface area contributed by atoms with Crippen molar-refractivity contribution in [2.24, 2.45) is 23.5 Å². The van der Waals surface area contributed by atoms with Crippen molar-refractivity contribution < 1.29 is 4.79 Å². The topological polar surface area (TPSA) is 55.1 Å². The maximum Gasteiger partial charge on any atom is 0.223 e. The monoisotopic (exact) mass is 296 g/mol. The van der Waals surface area contributed by atoms with Crippen LogP contribution in [0.1, 0.15) is 64.2 Å². The Balaban J connectivity index is 1.64. The molecule has 3 nitrogen and oxygen atoms in total. The number of hydrogen-bond donors (Lipinski definition) is 2. The molecule has 2 aliphatic rings. The second kappa shape index (κ2) is 7.96.